The van der Waals surface area contributed by atoms with Gasteiger partial charge in [-0.3, -0.25) is 0 Å². The topological polar surface area (TPSA) is 15.8 Å². The van der Waals surface area contributed by atoms with Crippen LogP contribution in [0.15, 0.2) is 29.2 Å². The first-order valence-electron chi connectivity index (χ1n) is 4.67. The van der Waals surface area contributed by atoms with Crippen LogP contribution in [-0.2, 0) is 6.42 Å². The average Bonchev–Trinajstić information content (AvgIpc) is 2.56. The summed E-state index contributed by atoms with van der Waals surface area (Å²) in [5, 5.41) is 1.40. The van der Waals surface area contributed by atoms with Gasteiger partial charge in [0.2, 0.25) is 0 Å². The molecule has 2 aromatic rings. The molecule has 0 bridgehead atoms. The Morgan fingerprint density at radius 3 is 3.15 bits per heavy atom. The lowest BCUT2D eigenvalue weighted by molar-refractivity contribution is 0.868. The van der Waals surface area contributed by atoms with Gasteiger partial charge in [-0.25, -0.2) is 0 Å². The van der Waals surface area contributed by atoms with E-state index in [4.69, 9.17) is 0 Å². The van der Waals surface area contributed by atoms with Crippen LogP contribution in [0.25, 0.3) is 10.9 Å². The molecule has 1 aromatic heterocycles. The van der Waals surface area contributed by atoms with Crippen molar-refractivity contribution in [2.75, 3.05) is 5.75 Å². The van der Waals surface area contributed by atoms with E-state index in [9.17, 15) is 0 Å². The lowest BCUT2D eigenvalue weighted by Crippen LogP contribution is -1.95. The van der Waals surface area contributed by atoms with E-state index in [0.29, 0.717) is 0 Å². The molecule has 66 valence electrons. The maximum absolute atomic E-state index is 3.50. The minimum atomic E-state index is 1.22. The fourth-order valence-corrected chi connectivity index (χ4v) is 3.09. The lowest BCUT2D eigenvalue weighted by Gasteiger charge is -2.09. The summed E-state index contributed by atoms with van der Waals surface area (Å²) in [4.78, 5) is 4.98. The Hall–Kier alpha value is -0.890. The van der Waals surface area contributed by atoms with Crippen LogP contribution in [0.4, 0.5) is 0 Å². The molecule has 1 aliphatic heterocycles. The van der Waals surface area contributed by atoms with E-state index >= 15 is 0 Å². The van der Waals surface area contributed by atoms with E-state index < -0.39 is 0 Å². The van der Waals surface area contributed by atoms with Crippen molar-refractivity contribution in [1.82, 2.24) is 4.98 Å². The lowest BCUT2D eigenvalue weighted by atomic mass is 10.2. The first kappa shape index (κ1) is 7.51. The highest BCUT2D eigenvalue weighted by Crippen LogP contribution is 2.35. The fraction of sp³-hybridized carbons (Fsp3) is 0.273. The van der Waals surface area contributed by atoms with E-state index in [2.05, 4.69) is 29.2 Å². The highest BCUT2D eigenvalue weighted by atomic mass is 32.2. The highest BCUT2D eigenvalue weighted by molar-refractivity contribution is 7.99. The maximum Gasteiger partial charge on any atom is 0.0467 e. The van der Waals surface area contributed by atoms with Crippen LogP contribution >= 0.6 is 11.8 Å². The van der Waals surface area contributed by atoms with Crippen LogP contribution in [0.3, 0.4) is 0 Å². The molecule has 3 rings (SSSR count). The summed E-state index contributed by atoms with van der Waals surface area (Å²) < 4.78 is 0. The maximum atomic E-state index is 3.50. The third kappa shape index (κ3) is 1.09. The molecule has 13 heavy (non-hydrogen) atoms. The number of aromatic nitrogens is 1. The van der Waals surface area contributed by atoms with Crippen LogP contribution in [-0.4, -0.2) is 10.7 Å². The third-order valence-corrected chi connectivity index (χ3v) is 3.80. The summed E-state index contributed by atoms with van der Waals surface area (Å²) in [5.41, 5.74) is 2.74. The Morgan fingerprint density at radius 1 is 1.23 bits per heavy atom. The number of para-hydroxylation sites is 1. The molecule has 2 heteroatoms. The predicted molar refractivity (Wildman–Crippen MR) is 57.3 cm³/mol. The monoisotopic (exact) mass is 189 g/mol. The van der Waals surface area contributed by atoms with Gasteiger partial charge in [0, 0.05) is 21.5 Å². The number of hydrogen-bond donors (Lipinski definition) is 1. The van der Waals surface area contributed by atoms with Crippen LogP contribution in [0.1, 0.15) is 12.1 Å². The molecule has 0 fully saturated rings. The summed E-state index contributed by atoms with van der Waals surface area (Å²) in [6.07, 6.45) is 2.53. The number of nitrogens with one attached hydrogen (secondary N) is 1. The van der Waals surface area contributed by atoms with Crippen molar-refractivity contribution in [3.63, 3.8) is 0 Å². The van der Waals surface area contributed by atoms with E-state index in [1.807, 2.05) is 11.8 Å². The van der Waals surface area contributed by atoms with Crippen molar-refractivity contribution < 1.29 is 0 Å². The number of rotatable bonds is 0. The van der Waals surface area contributed by atoms with Gasteiger partial charge < -0.3 is 4.98 Å². The summed E-state index contributed by atoms with van der Waals surface area (Å²) >= 11 is 1.99. The Morgan fingerprint density at radius 2 is 2.15 bits per heavy atom. The van der Waals surface area contributed by atoms with Crippen molar-refractivity contribution in [2.24, 2.45) is 0 Å². The Bertz CT molecular complexity index is 444. The van der Waals surface area contributed by atoms with Gasteiger partial charge in [-0.05, 0) is 24.7 Å². The average molecular weight is 189 g/mol. The molecule has 0 aliphatic carbocycles. The van der Waals surface area contributed by atoms with Crippen molar-refractivity contribution in [1.29, 1.82) is 0 Å². The number of H-pyrrole nitrogens is 1. The van der Waals surface area contributed by atoms with Gasteiger partial charge in [-0.2, -0.15) is 0 Å². The van der Waals surface area contributed by atoms with Gasteiger partial charge in [-0.15, -0.1) is 11.8 Å². The number of aryl methyl sites for hydroxylation is 1. The zero-order valence-corrected chi connectivity index (χ0v) is 8.16. The molecular weight excluding hydrogens is 178 g/mol. The van der Waals surface area contributed by atoms with Crippen molar-refractivity contribution in [3.05, 3.63) is 30.0 Å². The Kier molecular flexibility index (Phi) is 1.62. The molecule has 1 nitrogen and oxygen atoms in total. The van der Waals surface area contributed by atoms with Gasteiger partial charge in [0.05, 0.1) is 0 Å². The minimum absolute atomic E-state index is 1.22. The minimum Gasteiger partial charge on any atom is -0.357 e. The molecule has 0 amide bonds. The molecular formula is C11H11NS. The van der Waals surface area contributed by atoms with Gasteiger partial charge in [-0.1, -0.05) is 18.2 Å². The fourth-order valence-electron chi connectivity index (χ4n) is 1.94. The molecule has 0 saturated heterocycles. The molecule has 0 atom stereocenters. The Balaban J connectivity index is 2.34. The number of thioether (sulfide) groups is 1. The van der Waals surface area contributed by atoms with Crippen LogP contribution in [0.5, 0.6) is 0 Å². The normalized spacial score (nSPS) is 16.0. The van der Waals surface area contributed by atoms with Crippen LogP contribution in [0, 0.1) is 0 Å². The van der Waals surface area contributed by atoms with Gasteiger partial charge >= 0.3 is 0 Å². The number of hydrogen-bond acceptors (Lipinski definition) is 1. The Labute approximate surface area is 81.5 Å². The van der Waals surface area contributed by atoms with Crippen molar-refractivity contribution >= 4 is 22.7 Å². The smallest absolute Gasteiger partial charge is 0.0467 e. The van der Waals surface area contributed by atoms with Gasteiger partial charge in [0.25, 0.3) is 0 Å². The number of aromatic amines is 1. The van der Waals surface area contributed by atoms with Gasteiger partial charge in [0.1, 0.15) is 0 Å². The van der Waals surface area contributed by atoms with E-state index in [1.165, 1.54) is 40.1 Å². The second-order valence-electron chi connectivity index (χ2n) is 3.43. The molecule has 0 radical (unpaired) electrons. The highest BCUT2D eigenvalue weighted by Gasteiger charge is 2.14. The molecule has 2 heterocycles. The second kappa shape index (κ2) is 2.81. The molecule has 0 spiro atoms. The summed E-state index contributed by atoms with van der Waals surface area (Å²) in [6, 6.07) is 8.58. The standard InChI is InChI=1S/C11H11NS/c1-2-5-9-8(4-1)11-10(12-9)6-3-7-13-11/h1-2,4-5,12H,3,6-7H2. The third-order valence-electron chi connectivity index (χ3n) is 2.55. The summed E-state index contributed by atoms with van der Waals surface area (Å²) in [6.45, 7) is 0. The first-order chi connectivity index (χ1) is 6.45. The van der Waals surface area contributed by atoms with Crippen LogP contribution < -0.4 is 0 Å². The van der Waals surface area contributed by atoms with Gasteiger partial charge in [0.15, 0.2) is 0 Å². The largest absolute Gasteiger partial charge is 0.357 e. The molecule has 0 saturated carbocycles. The summed E-state index contributed by atoms with van der Waals surface area (Å²) in [7, 11) is 0. The number of fused-ring (bicyclic) bond motifs is 3. The molecule has 1 aromatic carbocycles. The van der Waals surface area contributed by atoms with E-state index in [0.717, 1.165) is 0 Å². The van der Waals surface area contributed by atoms with E-state index in [-0.39, 0.29) is 0 Å². The van der Waals surface area contributed by atoms with Crippen LogP contribution in [0.2, 0.25) is 0 Å². The van der Waals surface area contributed by atoms with E-state index in [1.54, 1.807) is 0 Å². The zero-order chi connectivity index (χ0) is 8.67. The second-order valence-corrected chi connectivity index (χ2v) is 4.54. The SMILES string of the molecule is c1ccc2c3c([nH]c2c1)CCCS3. The molecule has 1 N–H and O–H groups in total. The molecule has 0 unspecified atom stereocenters. The van der Waals surface area contributed by atoms with Crippen molar-refractivity contribution in [3.8, 4) is 0 Å². The molecule has 1 aliphatic rings. The first-order valence-corrected chi connectivity index (χ1v) is 5.66. The number of benzene rings is 1. The van der Waals surface area contributed by atoms with Crippen molar-refractivity contribution in [2.45, 2.75) is 17.7 Å². The zero-order valence-electron chi connectivity index (χ0n) is 7.34. The quantitative estimate of drug-likeness (QED) is 0.673. The summed E-state index contributed by atoms with van der Waals surface area (Å²) in [5.74, 6) is 1.27. The predicted octanol–water partition coefficient (Wildman–Crippen LogP) is 3.21.